The number of carbonyl (C=O) groups is 3. The van der Waals surface area contributed by atoms with Crippen LogP contribution >= 0.6 is 0 Å². The van der Waals surface area contributed by atoms with Gasteiger partial charge in [-0.05, 0) is 36.4 Å². The molecule has 2 aromatic rings. The maximum Gasteiger partial charge on any atom is 0.282 e. The molecule has 1 N–H and O–H groups in total. The van der Waals surface area contributed by atoms with Crippen LogP contribution in [0.3, 0.4) is 0 Å². The van der Waals surface area contributed by atoms with Crippen LogP contribution in [0.1, 0.15) is 19.4 Å². The van der Waals surface area contributed by atoms with Crippen LogP contribution in [0.5, 0.6) is 0 Å². The first-order valence-corrected chi connectivity index (χ1v) is 10.5. The topological polar surface area (TPSA) is 73.0 Å². The van der Waals surface area contributed by atoms with E-state index >= 15 is 0 Å². The summed E-state index contributed by atoms with van der Waals surface area (Å²) in [5.41, 5.74) is 2.74. The summed E-state index contributed by atoms with van der Waals surface area (Å²) in [6.07, 6.45) is 0. The van der Waals surface area contributed by atoms with Crippen molar-refractivity contribution in [3.63, 3.8) is 0 Å². The summed E-state index contributed by atoms with van der Waals surface area (Å²) >= 11 is 0. The van der Waals surface area contributed by atoms with Gasteiger partial charge in [-0.3, -0.25) is 14.4 Å². The van der Waals surface area contributed by atoms with Crippen molar-refractivity contribution in [3.8, 4) is 0 Å². The average molecular weight is 418 g/mol. The number of amides is 3. The number of nitrogens with one attached hydrogen (secondary N) is 1. The molecule has 0 spiro atoms. The third-order valence-corrected chi connectivity index (χ3v) is 5.70. The molecule has 0 aliphatic carbocycles. The monoisotopic (exact) mass is 418 g/mol. The summed E-state index contributed by atoms with van der Waals surface area (Å²) in [7, 11) is 0. The van der Waals surface area contributed by atoms with Crippen LogP contribution in [0.2, 0.25) is 0 Å². The number of likely N-dealkylation sites (N-methyl/N-ethyl adjacent to an activating group) is 1. The molecule has 0 atom stereocenters. The molecule has 2 aliphatic heterocycles. The molecule has 160 valence electrons. The van der Waals surface area contributed by atoms with Crippen LogP contribution in [0.4, 0.5) is 11.4 Å². The Morgan fingerprint density at radius 1 is 0.903 bits per heavy atom. The predicted molar refractivity (Wildman–Crippen MR) is 120 cm³/mol. The lowest BCUT2D eigenvalue weighted by molar-refractivity contribution is -0.121. The van der Waals surface area contributed by atoms with Crippen molar-refractivity contribution in [1.82, 2.24) is 9.80 Å². The molecule has 0 aromatic heterocycles. The molecule has 0 saturated carbocycles. The lowest BCUT2D eigenvalue weighted by atomic mass is 10.0. The number of anilines is 2. The molecule has 7 heteroatoms. The summed E-state index contributed by atoms with van der Waals surface area (Å²) in [5, 5.41) is 2.73. The van der Waals surface area contributed by atoms with Gasteiger partial charge < -0.3 is 15.1 Å². The van der Waals surface area contributed by atoms with E-state index in [1.54, 1.807) is 36.4 Å². The van der Waals surface area contributed by atoms with Gasteiger partial charge in [0.25, 0.3) is 11.8 Å². The van der Waals surface area contributed by atoms with Gasteiger partial charge in [0.1, 0.15) is 5.70 Å². The molecule has 4 rings (SSSR count). The molecule has 3 amide bonds. The fourth-order valence-electron chi connectivity index (χ4n) is 4.09. The molecule has 1 saturated heterocycles. The SMILES string of the molecule is CCN1CCN(C2=C(c3ccc(NC(C)=O)cc3)C(=O)N(c3ccccc3)C2=O)CC1. The quantitative estimate of drug-likeness (QED) is 0.756. The van der Waals surface area contributed by atoms with E-state index in [1.807, 2.05) is 23.1 Å². The first kappa shape index (κ1) is 20.8. The van der Waals surface area contributed by atoms with Gasteiger partial charge in [-0.1, -0.05) is 37.3 Å². The number of para-hydroxylation sites is 1. The minimum absolute atomic E-state index is 0.163. The van der Waals surface area contributed by atoms with Gasteiger partial charge in [0.05, 0.1) is 11.3 Å². The van der Waals surface area contributed by atoms with Crippen LogP contribution in [-0.2, 0) is 14.4 Å². The Morgan fingerprint density at radius 2 is 1.55 bits per heavy atom. The molecule has 0 bridgehead atoms. The molecule has 0 unspecified atom stereocenters. The van der Waals surface area contributed by atoms with Crippen LogP contribution in [0, 0.1) is 0 Å². The van der Waals surface area contributed by atoms with Crippen molar-refractivity contribution in [2.45, 2.75) is 13.8 Å². The second-order valence-electron chi connectivity index (χ2n) is 7.68. The molecule has 2 aromatic carbocycles. The second-order valence-corrected chi connectivity index (χ2v) is 7.68. The van der Waals surface area contributed by atoms with E-state index in [0.717, 1.165) is 19.6 Å². The third-order valence-electron chi connectivity index (χ3n) is 5.70. The Labute approximate surface area is 181 Å². The van der Waals surface area contributed by atoms with Crippen LogP contribution in [-0.4, -0.2) is 60.2 Å². The fourth-order valence-corrected chi connectivity index (χ4v) is 4.09. The molecular formula is C24H26N4O3. The number of nitrogens with zero attached hydrogens (tertiary/aromatic N) is 3. The summed E-state index contributed by atoms with van der Waals surface area (Å²) in [5.74, 6) is -0.776. The van der Waals surface area contributed by atoms with Crippen molar-refractivity contribution in [2.24, 2.45) is 0 Å². The van der Waals surface area contributed by atoms with E-state index in [9.17, 15) is 14.4 Å². The number of carbonyl (C=O) groups excluding carboxylic acids is 3. The number of hydrogen-bond donors (Lipinski definition) is 1. The van der Waals surface area contributed by atoms with Gasteiger partial charge >= 0.3 is 0 Å². The highest BCUT2D eigenvalue weighted by Crippen LogP contribution is 2.35. The highest BCUT2D eigenvalue weighted by Gasteiger charge is 2.42. The zero-order valence-electron chi connectivity index (χ0n) is 17.8. The summed E-state index contributed by atoms with van der Waals surface area (Å²) in [6, 6.07) is 16.1. The van der Waals surface area contributed by atoms with E-state index < -0.39 is 0 Å². The van der Waals surface area contributed by atoms with Crippen LogP contribution in [0.25, 0.3) is 5.57 Å². The highest BCUT2D eigenvalue weighted by molar-refractivity contribution is 6.45. The van der Waals surface area contributed by atoms with Gasteiger partial charge in [0, 0.05) is 38.8 Å². The van der Waals surface area contributed by atoms with Crippen LogP contribution < -0.4 is 10.2 Å². The molecule has 0 radical (unpaired) electrons. The lowest BCUT2D eigenvalue weighted by Gasteiger charge is -2.36. The van der Waals surface area contributed by atoms with Gasteiger partial charge in [-0.2, -0.15) is 0 Å². The van der Waals surface area contributed by atoms with Crippen molar-refractivity contribution < 1.29 is 14.4 Å². The Hall–Kier alpha value is -3.45. The Balaban J connectivity index is 1.74. The molecule has 2 heterocycles. The van der Waals surface area contributed by atoms with Gasteiger partial charge in [0.2, 0.25) is 5.91 Å². The minimum Gasteiger partial charge on any atom is -0.364 e. The maximum absolute atomic E-state index is 13.5. The molecule has 31 heavy (non-hydrogen) atoms. The third kappa shape index (κ3) is 4.09. The summed E-state index contributed by atoms with van der Waals surface area (Å²) < 4.78 is 0. The smallest absolute Gasteiger partial charge is 0.282 e. The standard InChI is InChI=1S/C24H26N4O3/c1-3-26-13-15-27(16-14-26)22-21(18-9-11-19(12-10-18)25-17(2)29)23(30)28(24(22)31)20-7-5-4-6-8-20/h4-12H,3,13-16H2,1-2H3,(H,25,29). The van der Waals surface area contributed by atoms with E-state index in [4.69, 9.17) is 0 Å². The predicted octanol–water partition coefficient (Wildman–Crippen LogP) is 2.57. The molecular weight excluding hydrogens is 392 g/mol. The Bertz CT molecular complexity index is 1020. The maximum atomic E-state index is 13.5. The average Bonchev–Trinajstić information content (AvgIpc) is 3.04. The molecule has 1 fully saturated rings. The van der Waals surface area contributed by atoms with E-state index in [2.05, 4.69) is 17.1 Å². The van der Waals surface area contributed by atoms with Crippen molar-refractivity contribution in [3.05, 3.63) is 65.9 Å². The largest absolute Gasteiger partial charge is 0.364 e. The number of benzene rings is 2. The fraction of sp³-hybridized carbons (Fsp3) is 0.292. The lowest BCUT2D eigenvalue weighted by Crippen LogP contribution is -2.47. The van der Waals surface area contributed by atoms with Gasteiger partial charge in [-0.25, -0.2) is 4.90 Å². The summed E-state index contributed by atoms with van der Waals surface area (Å²) in [6.45, 7) is 7.62. The van der Waals surface area contributed by atoms with E-state index in [-0.39, 0.29) is 17.7 Å². The molecule has 2 aliphatic rings. The number of piperazine rings is 1. The number of hydrogen-bond acceptors (Lipinski definition) is 5. The zero-order chi connectivity index (χ0) is 22.0. The normalized spacial score (nSPS) is 17.5. The first-order valence-electron chi connectivity index (χ1n) is 10.5. The number of imide groups is 1. The molecule has 7 nitrogen and oxygen atoms in total. The van der Waals surface area contributed by atoms with Gasteiger partial charge in [0.15, 0.2) is 0 Å². The number of rotatable bonds is 5. The second kappa shape index (κ2) is 8.73. The van der Waals surface area contributed by atoms with Crippen LogP contribution in [0.15, 0.2) is 60.3 Å². The minimum atomic E-state index is -0.323. The zero-order valence-corrected chi connectivity index (χ0v) is 17.8. The summed E-state index contributed by atoms with van der Waals surface area (Å²) in [4.78, 5) is 43.9. The van der Waals surface area contributed by atoms with E-state index in [0.29, 0.717) is 41.3 Å². The van der Waals surface area contributed by atoms with Crippen molar-refractivity contribution in [1.29, 1.82) is 0 Å². The van der Waals surface area contributed by atoms with Crippen molar-refractivity contribution >= 4 is 34.7 Å². The van der Waals surface area contributed by atoms with Gasteiger partial charge in [-0.15, -0.1) is 0 Å². The Morgan fingerprint density at radius 3 is 2.13 bits per heavy atom. The van der Waals surface area contributed by atoms with Crippen molar-refractivity contribution in [2.75, 3.05) is 42.9 Å². The highest BCUT2D eigenvalue weighted by atomic mass is 16.2. The van der Waals surface area contributed by atoms with E-state index in [1.165, 1.54) is 11.8 Å². The first-order chi connectivity index (χ1) is 15.0. The Kier molecular flexibility index (Phi) is 5.86.